The zero-order valence-electron chi connectivity index (χ0n) is 16.1. The number of nitrogens with one attached hydrogen (secondary N) is 1. The van der Waals surface area contributed by atoms with Crippen molar-refractivity contribution in [3.05, 3.63) is 23.8 Å². The van der Waals surface area contributed by atoms with Crippen LogP contribution in [-0.4, -0.2) is 43.7 Å². The number of benzene rings is 1. The van der Waals surface area contributed by atoms with Crippen molar-refractivity contribution < 1.29 is 9.47 Å². The topological polar surface area (TPSA) is 46.1 Å². The van der Waals surface area contributed by atoms with Crippen LogP contribution < -0.4 is 14.8 Å². The quantitative estimate of drug-likeness (QED) is 0.663. The third-order valence-corrected chi connectivity index (χ3v) is 5.33. The zero-order valence-corrected chi connectivity index (χ0v) is 16.1. The third kappa shape index (κ3) is 3.30. The normalized spacial score (nSPS) is 18.8. The molecule has 134 valence electrons. The van der Waals surface area contributed by atoms with Crippen molar-refractivity contribution in [3.8, 4) is 11.5 Å². The molecule has 0 spiro atoms. The van der Waals surface area contributed by atoms with E-state index in [1.807, 2.05) is 32.2 Å². The molecular formula is C19H31N3O2. The maximum absolute atomic E-state index is 5.65. The van der Waals surface area contributed by atoms with Crippen molar-refractivity contribution in [1.29, 1.82) is 0 Å². The summed E-state index contributed by atoms with van der Waals surface area (Å²) in [6.45, 7) is 13.4. The molecule has 1 aromatic carbocycles. The van der Waals surface area contributed by atoms with E-state index in [0.717, 1.165) is 29.6 Å². The first-order chi connectivity index (χ1) is 11.3. The van der Waals surface area contributed by atoms with Gasteiger partial charge in [0.2, 0.25) is 0 Å². The van der Waals surface area contributed by atoms with E-state index in [0.29, 0.717) is 13.2 Å². The Kier molecular flexibility index (Phi) is 5.31. The smallest absolute Gasteiger partial charge is 0.194 e. The van der Waals surface area contributed by atoms with E-state index in [1.165, 1.54) is 0 Å². The largest absolute Gasteiger partial charge is 0.493 e. The maximum Gasteiger partial charge on any atom is 0.194 e. The lowest BCUT2D eigenvalue weighted by Gasteiger charge is -2.62. The Morgan fingerprint density at radius 3 is 2.46 bits per heavy atom. The molecule has 1 heterocycles. The summed E-state index contributed by atoms with van der Waals surface area (Å²) in [7, 11) is 3.49. The first kappa shape index (κ1) is 18.4. The molecule has 0 aromatic heterocycles. The molecule has 0 bridgehead atoms. The first-order valence-corrected chi connectivity index (χ1v) is 8.55. The summed E-state index contributed by atoms with van der Waals surface area (Å²) in [6.07, 6.45) is 0. The first-order valence-electron chi connectivity index (χ1n) is 8.55. The van der Waals surface area contributed by atoms with Crippen LogP contribution in [0.1, 0.15) is 40.2 Å². The second-order valence-electron chi connectivity index (χ2n) is 7.35. The monoisotopic (exact) mass is 333 g/mol. The van der Waals surface area contributed by atoms with Crippen LogP contribution in [0.3, 0.4) is 0 Å². The minimum atomic E-state index is 0.0885. The highest BCUT2D eigenvalue weighted by Crippen LogP contribution is 2.46. The molecule has 0 aliphatic carbocycles. The Balaban J connectivity index is 2.06. The Bertz CT molecular complexity index is 609. The molecule has 2 rings (SSSR count). The number of aliphatic imine (C=N–C) groups is 1. The lowest BCUT2D eigenvalue weighted by molar-refractivity contribution is -0.0667. The predicted molar refractivity (Wildman–Crippen MR) is 98.9 cm³/mol. The fourth-order valence-electron chi connectivity index (χ4n) is 2.98. The van der Waals surface area contributed by atoms with Crippen LogP contribution in [0.25, 0.3) is 0 Å². The van der Waals surface area contributed by atoms with E-state index in [4.69, 9.17) is 9.47 Å². The number of nitrogens with zero attached hydrogens (tertiary/aromatic N) is 2. The molecule has 1 aliphatic heterocycles. The predicted octanol–water partition coefficient (Wildman–Crippen LogP) is 3.29. The molecule has 0 saturated carbocycles. The Hall–Kier alpha value is -1.91. The van der Waals surface area contributed by atoms with Gasteiger partial charge in [-0.3, -0.25) is 4.99 Å². The molecule has 1 aliphatic rings. The van der Waals surface area contributed by atoms with Crippen LogP contribution in [0.4, 0.5) is 0 Å². The molecule has 1 aromatic rings. The van der Waals surface area contributed by atoms with Crippen molar-refractivity contribution >= 4 is 5.96 Å². The molecule has 0 amide bonds. The van der Waals surface area contributed by atoms with E-state index in [1.54, 1.807) is 7.11 Å². The summed E-state index contributed by atoms with van der Waals surface area (Å²) in [6, 6.07) is 6.02. The molecule has 1 saturated heterocycles. The zero-order chi connectivity index (χ0) is 18.0. The summed E-state index contributed by atoms with van der Waals surface area (Å²) in [4.78, 5) is 6.79. The van der Waals surface area contributed by atoms with Gasteiger partial charge >= 0.3 is 0 Å². The van der Waals surface area contributed by atoms with Crippen LogP contribution in [0, 0.1) is 5.41 Å². The fourth-order valence-corrected chi connectivity index (χ4v) is 2.98. The molecule has 1 fully saturated rings. The fraction of sp³-hybridized carbons (Fsp3) is 0.632. The number of rotatable bonds is 5. The van der Waals surface area contributed by atoms with E-state index >= 15 is 0 Å². The third-order valence-electron chi connectivity index (χ3n) is 5.33. The summed E-state index contributed by atoms with van der Waals surface area (Å²) in [5.74, 6) is 2.48. The Morgan fingerprint density at radius 2 is 1.96 bits per heavy atom. The number of hydrogen-bond donors (Lipinski definition) is 1. The second kappa shape index (κ2) is 6.91. The minimum Gasteiger partial charge on any atom is -0.493 e. The maximum atomic E-state index is 5.65. The van der Waals surface area contributed by atoms with Gasteiger partial charge in [0.1, 0.15) is 0 Å². The molecule has 24 heavy (non-hydrogen) atoms. The van der Waals surface area contributed by atoms with Gasteiger partial charge in [-0.15, -0.1) is 0 Å². The standard InChI is InChI=1S/C19H31N3O2/c1-8-24-16-11-14(9-10-15(16)23-7)12-21-17(20-6)22-13-18(2,3)19(22,4)5/h9-11H,8,12-13H2,1-7H3,(H,20,21). The highest BCUT2D eigenvalue weighted by atomic mass is 16.5. The van der Waals surface area contributed by atoms with Crippen LogP contribution in [-0.2, 0) is 6.54 Å². The van der Waals surface area contributed by atoms with Crippen molar-refractivity contribution in [1.82, 2.24) is 10.2 Å². The van der Waals surface area contributed by atoms with Crippen molar-refractivity contribution in [2.75, 3.05) is 27.3 Å². The van der Waals surface area contributed by atoms with Gasteiger partial charge in [-0.2, -0.15) is 0 Å². The van der Waals surface area contributed by atoms with Crippen LogP contribution >= 0.6 is 0 Å². The minimum absolute atomic E-state index is 0.0885. The van der Waals surface area contributed by atoms with Crippen molar-refractivity contribution in [2.24, 2.45) is 10.4 Å². The Labute approximate surface area is 146 Å². The molecule has 1 N–H and O–H groups in total. The average Bonchev–Trinajstić information content (AvgIpc) is 2.55. The van der Waals surface area contributed by atoms with E-state index in [9.17, 15) is 0 Å². The van der Waals surface area contributed by atoms with Crippen molar-refractivity contribution in [2.45, 2.75) is 46.7 Å². The SMILES string of the molecule is CCOc1cc(CNC(=NC)N2CC(C)(C)C2(C)C)ccc1OC. The number of hydrogen-bond acceptors (Lipinski definition) is 3. The van der Waals surface area contributed by atoms with Gasteiger partial charge in [-0.25, -0.2) is 0 Å². The molecule has 0 radical (unpaired) electrons. The molecule has 0 atom stereocenters. The number of methoxy groups -OCH3 is 1. The summed E-state index contributed by atoms with van der Waals surface area (Å²) in [5.41, 5.74) is 1.51. The summed E-state index contributed by atoms with van der Waals surface area (Å²) in [5, 5.41) is 3.47. The Morgan fingerprint density at radius 1 is 1.25 bits per heavy atom. The molecule has 5 nitrogen and oxygen atoms in total. The van der Waals surface area contributed by atoms with Crippen LogP contribution in [0.2, 0.25) is 0 Å². The van der Waals surface area contributed by atoms with Crippen LogP contribution in [0.5, 0.6) is 11.5 Å². The van der Waals surface area contributed by atoms with Crippen molar-refractivity contribution in [3.63, 3.8) is 0 Å². The van der Waals surface area contributed by atoms with Gasteiger partial charge in [0.15, 0.2) is 17.5 Å². The lowest BCUT2D eigenvalue weighted by atomic mass is 9.65. The summed E-state index contributed by atoms with van der Waals surface area (Å²) >= 11 is 0. The van der Waals surface area contributed by atoms with E-state index < -0.39 is 0 Å². The molecular weight excluding hydrogens is 302 g/mol. The summed E-state index contributed by atoms with van der Waals surface area (Å²) < 4.78 is 11.0. The highest BCUT2D eigenvalue weighted by molar-refractivity contribution is 5.82. The van der Waals surface area contributed by atoms with Crippen LogP contribution in [0.15, 0.2) is 23.2 Å². The van der Waals surface area contributed by atoms with Gasteiger partial charge in [-0.05, 0) is 38.5 Å². The number of likely N-dealkylation sites (tertiary alicyclic amines) is 1. The van der Waals surface area contributed by atoms with E-state index in [2.05, 4.69) is 42.9 Å². The van der Waals surface area contributed by atoms with Gasteiger partial charge in [-0.1, -0.05) is 19.9 Å². The van der Waals surface area contributed by atoms with E-state index in [-0.39, 0.29) is 11.0 Å². The highest BCUT2D eigenvalue weighted by Gasteiger charge is 2.53. The van der Waals surface area contributed by atoms with Gasteiger partial charge in [0.05, 0.1) is 13.7 Å². The van der Waals surface area contributed by atoms with Gasteiger partial charge in [0.25, 0.3) is 0 Å². The average molecular weight is 333 g/mol. The van der Waals surface area contributed by atoms with Gasteiger partial charge < -0.3 is 19.7 Å². The lowest BCUT2D eigenvalue weighted by Crippen LogP contribution is -2.72. The molecule has 0 unspecified atom stereocenters. The second-order valence-corrected chi connectivity index (χ2v) is 7.35. The molecule has 5 heteroatoms. The number of ether oxygens (including phenoxy) is 2. The number of guanidine groups is 1. The van der Waals surface area contributed by atoms with Gasteiger partial charge in [0, 0.05) is 31.1 Å².